The summed E-state index contributed by atoms with van der Waals surface area (Å²) in [5, 5.41) is 9.52. The summed E-state index contributed by atoms with van der Waals surface area (Å²) in [5.74, 6) is 0. The average molecular weight is 1020 g/mol. The topological polar surface area (TPSA) is 24.0 Å². The number of rotatable bonds is 7. The Morgan fingerprint density at radius 2 is 0.679 bits per heavy atom. The number of benzene rings is 10. The molecule has 13 aromatic rings. The first-order valence-corrected chi connectivity index (χ1v) is 27.8. The van der Waals surface area contributed by atoms with Crippen molar-refractivity contribution in [2.24, 2.45) is 0 Å². The third-order valence-corrected chi connectivity index (χ3v) is 16.5. The van der Waals surface area contributed by atoms with Gasteiger partial charge < -0.3 is 18.6 Å². The van der Waals surface area contributed by atoms with Crippen LogP contribution in [0.3, 0.4) is 0 Å². The monoisotopic (exact) mass is 1020 g/mol. The van der Waals surface area contributed by atoms with Gasteiger partial charge in [0.1, 0.15) is 11.2 Å². The highest BCUT2D eigenvalue weighted by atomic mass is 16.3. The third-order valence-electron chi connectivity index (χ3n) is 16.5. The highest BCUT2D eigenvalue weighted by Gasteiger charge is 2.25. The van der Waals surface area contributed by atoms with Crippen LogP contribution in [0.2, 0.25) is 0 Å². The zero-order chi connectivity index (χ0) is 54.2. The van der Waals surface area contributed by atoms with Gasteiger partial charge in [0.2, 0.25) is 0 Å². The molecular formula is C74H69N3O. The standard InChI is InChI=1S/C74H69N3O/c1-71(2,3)50-18-26-54(27-19-50)75(55-28-20-51(21-29-55)72(4,5)6)58-34-36-60-64-40-47(46-16-14-13-15-17-46)41-65-62-38-48-39-63-61-37-35-59(45-69(61)78-68(63)43-49(48)42-66(62)77(70(64)65)67(60)44-58)76(56-30-22-52(23-31-56)73(7,8)9)57-32-24-53(25-33-57)74(10,11)12/h13-45H,1-12H3. The summed E-state index contributed by atoms with van der Waals surface area (Å²) in [6, 6.07) is 75.3. The van der Waals surface area contributed by atoms with Gasteiger partial charge in [0.15, 0.2) is 0 Å². The summed E-state index contributed by atoms with van der Waals surface area (Å²) in [6.45, 7) is 27.3. The van der Waals surface area contributed by atoms with Crippen molar-refractivity contribution in [3.05, 3.63) is 222 Å². The van der Waals surface area contributed by atoms with E-state index in [2.05, 4.69) is 297 Å². The van der Waals surface area contributed by atoms with Crippen molar-refractivity contribution in [2.45, 2.75) is 105 Å². The number of nitrogens with zero attached hydrogens (tertiary/aromatic N) is 3. The number of fused-ring (bicyclic) bond motifs is 10. The van der Waals surface area contributed by atoms with Crippen LogP contribution in [0.25, 0.3) is 81.9 Å². The molecule has 0 aliphatic rings. The maximum Gasteiger partial charge on any atom is 0.137 e. The molecule has 0 radical (unpaired) electrons. The molecule has 0 fully saturated rings. The van der Waals surface area contributed by atoms with Gasteiger partial charge >= 0.3 is 0 Å². The maximum atomic E-state index is 6.95. The average Bonchev–Trinajstić information content (AvgIpc) is 3.82. The Morgan fingerprint density at radius 1 is 0.295 bits per heavy atom. The molecule has 0 unspecified atom stereocenters. The van der Waals surface area contributed by atoms with Gasteiger partial charge in [0.05, 0.1) is 16.6 Å². The minimum atomic E-state index is 0.0435. The summed E-state index contributed by atoms with van der Waals surface area (Å²) < 4.78 is 9.48. The van der Waals surface area contributed by atoms with Crippen LogP contribution in [0.1, 0.15) is 105 Å². The van der Waals surface area contributed by atoms with Crippen LogP contribution in [-0.2, 0) is 21.7 Å². The second-order valence-corrected chi connectivity index (χ2v) is 26.0. The van der Waals surface area contributed by atoms with Gasteiger partial charge in [-0.25, -0.2) is 0 Å². The molecule has 10 aromatic carbocycles. The molecule has 13 rings (SSSR count). The van der Waals surface area contributed by atoms with Gasteiger partial charge in [-0.1, -0.05) is 168 Å². The lowest BCUT2D eigenvalue weighted by Crippen LogP contribution is -2.14. The van der Waals surface area contributed by atoms with Gasteiger partial charge in [-0.3, -0.25) is 0 Å². The van der Waals surface area contributed by atoms with Crippen molar-refractivity contribution in [2.75, 3.05) is 9.80 Å². The molecule has 0 saturated carbocycles. The molecular weight excluding hydrogens is 947 g/mol. The van der Waals surface area contributed by atoms with E-state index in [4.69, 9.17) is 4.42 Å². The van der Waals surface area contributed by atoms with Gasteiger partial charge in [-0.2, -0.15) is 0 Å². The van der Waals surface area contributed by atoms with Crippen molar-refractivity contribution in [1.82, 2.24) is 4.40 Å². The van der Waals surface area contributed by atoms with E-state index in [1.54, 1.807) is 0 Å². The predicted molar refractivity (Wildman–Crippen MR) is 335 cm³/mol. The summed E-state index contributed by atoms with van der Waals surface area (Å²) >= 11 is 0. The zero-order valence-electron chi connectivity index (χ0n) is 47.3. The quantitative estimate of drug-likeness (QED) is 0.159. The normalized spacial score (nSPS) is 12.9. The van der Waals surface area contributed by atoms with Crippen molar-refractivity contribution >= 4 is 105 Å². The molecule has 4 nitrogen and oxygen atoms in total. The van der Waals surface area contributed by atoms with Crippen LogP contribution in [-0.4, -0.2) is 4.40 Å². The van der Waals surface area contributed by atoms with E-state index in [0.29, 0.717) is 0 Å². The second-order valence-electron chi connectivity index (χ2n) is 26.0. The maximum absolute atomic E-state index is 6.95. The summed E-state index contributed by atoms with van der Waals surface area (Å²) in [4.78, 5) is 4.77. The minimum absolute atomic E-state index is 0.0435. The Labute approximate surface area is 459 Å². The second kappa shape index (κ2) is 17.6. The predicted octanol–water partition coefficient (Wildman–Crippen LogP) is 21.7. The lowest BCUT2D eigenvalue weighted by molar-refractivity contribution is 0.590. The fourth-order valence-electron chi connectivity index (χ4n) is 12.0. The van der Waals surface area contributed by atoms with Crippen LogP contribution in [0.4, 0.5) is 34.1 Å². The molecule has 0 N–H and O–H groups in total. The molecule has 4 heteroatoms. The van der Waals surface area contributed by atoms with Gasteiger partial charge in [0.25, 0.3) is 0 Å². The first-order valence-electron chi connectivity index (χ1n) is 27.8. The van der Waals surface area contributed by atoms with E-state index in [0.717, 1.165) is 61.4 Å². The number of furan rings is 1. The molecule has 0 aliphatic heterocycles. The van der Waals surface area contributed by atoms with E-state index in [1.165, 1.54) is 76.9 Å². The van der Waals surface area contributed by atoms with E-state index in [9.17, 15) is 0 Å². The van der Waals surface area contributed by atoms with Crippen LogP contribution >= 0.6 is 0 Å². The SMILES string of the molecule is CC(C)(C)c1ccc(N(c2ccc(C(C)(C)C)cc2)c2ccc3c(c2)oc2cc4cc5c(cc4cc23)c2cc(-c3ccccc3)cc3c4ccc(N(c6ccc(C(C)(C)C)cc6)c6ccc(C(C)(C)C)cc6)cc4n5c32)cc1. The molecule has 0 atom stereocenters. The van der Waals surface area contributed by atoms with Gasteiger partial charge in [-0.15, -0.1) is 0 Å². The molecule has 3 aromatic heterocycles. The molecule has 0 aliphatic carbocycles. The first-order chi connectivity index (χ1) is 37.2. The van der Waals surface area contributed by atoms with Crippen molar-refractivity contribution in [3.63, 3.8) is 0 Å². The van der Waals surface area contributed by atoms with E-state index >= 15 is 0 Å². The van der Waals surface area contributed by atoms with Crippen LogP contribution in [0.5, 0.6) is 0 Å². The zero-order valence-corrected chi connectivity index (χ0v) is 47.3. The Kier molecular flexibility index (Phi) is 11.1. The van der Waals surface area contributed by atoms with Crippen LogP contribution < -0.4 is 9.80 Å². The highest BCUT2D eigenvalue weighted by molar-refractivity contribution is 6.26. The Bertz CT molecular complexity index is 4300. The minimum Gasteiger partial charge on any atom is -0.456 e. The van der Waals surface area contributed by atoms with E-state index < -0.39 is 0 Å². The van der Waals surface area contributed by atoms with Crippen LogP contribution in [0.15, 0.2) is 205 Å². The number of hydrogen-bond donors (Lipinski definition) is 0. The number of hydrogen-bond acceptors (Lipinski definition) is 3. The van der Waals surface area contributed by atoms with E-state index in [1.807, 2.05) is 0 Å². The van der Waals surface area contributed by atoms with E-state index in [-0.39, 0.29) is 21.7 Å². The lowest BCUT2D eigenvalue weighted by Gasteiger charge is -2.28. The lowest BCUT2D eigenvalue weighted by atomic mass is 9.86. The van der Waals surface area contributed by atoms with Crippen molar-refractivity contribution < 1.29 is 4.42 Å². The Hall–Kier alpha value is -8.34. The molecule has 0 bridgehead atoms. The van der Waals surface area contributed by atoms with Gasteiger partial charge in [-0.05, 0) is 175 Å². The third kappa shape index (κ3) is 8.36. The summed E-state index contributed by atoms with van der Waals surface area (Å²) in [6.07, 6.45) is 0. The van der Waals surface area contributed by atoms with Crippen LogP contribution in [0, 0.1) is 0 Å². The molecule has 386 valence electrons. The van der Waals surface area contributed by atoms with Crippen molar-refractivity contribution in [1.29, 1.82) is 0 Å². The van der Waals surface area contributed by atoms with Crippen molar-refractivity contribution in [3.8, 4) is 11.1 Å². The fraction of sp³-hybridized carbons (Fsp3) is 0.216. The largest absolute Gasteiger partial charge is 0.456 e. The number of aromatic nitrogens is 1. The first kappa shape index (κ1) is 49.2. The smallest absolute Gasteiger partial charge is 0.137 e. The Balaban J connectivity index is 0.993. The molecule has 0 amide bonds. The summed E-state index contributed by atoms with van der Waals surface area (Å²) in [7, 11) is 0. The molecule has 0 saturated heterocycles. The molecule has 0 spiro atoms. The fourth-order valence-corrected chi connectivity index (χ4v) is 12.0. The summed E-state index contributed by atoms with van der Waals surface area (Å²) in [5.41, 5.74) is 19.8. The molecule has 78 heavy (non-hydrogen) atoms. The van der Waals surface area contributed by atoms with Gasteiger partial charge in [0, 0.05) is 72.5 Å². The molecule has 3 heterocycles. The number of anilines is 6. The highest BCUT2D eigenvalue weighted by Crippen LogP contribution is 2.47. The Morgan fingerprint density at radius 3 is 1.15 bits per heavy atom.